The molecular formula is C29H35F3N6O4. The van der Waals surface area contributed by atoms with Crippen LogP contribution in [0.15, 0.2) is 30.5 Å². The minimum absolute atomic E-state index is 0.0288. The average molecular weight is 589 g/mol. The van der Waals surface area contributed by atoms with Gasteiger partial charge >= 0.3 is 12.2 Å². The first-order valence-corrected chi connectivity index (χ1v) is 14.6. The number of rotatable bonds is 6. The van der Waals surface area contributed by atoms with E-state index < -0.39 is 29.9 Å². The lowest BCUT2D eigenvalue weighted by Crippen LogP contribution is -2.49. The molecule has 0 aromatic carbocycles. The molecule has 2 N–H and O–H groups in total. The summed E-state index contributed by atoms with van der Waals surface area (Å²) in [7, 11) is 0. The first-order valence-electron chi connectivity index (χ1n) is 14.6. The Kier molecular flexibility index (Phi) is 7.73. The maximum Gasteiger partial charge on any atom is 0.408 e. The molecule has 10 nitrogen and oxygen atoms in total. The molecule has 2 aromatic rings. The van der Waals surface area contributed by atoms with Crippen LogP contribution in [-0.2, 0) is 15.9 Å². The van der Waals surface area contributed by atoms with Crippen molar-refractivity contribution in [3.63, 3.8) is 0 Å². The van der Waals surface area contributed by atoms with E-state index >= 15 is 0 Å². The van der Waals surface area contributed by atoms with Gasteiger partial charge in [-0.1, -0.05) is 6.42 Å². The van der Waals surface area contributed by atoms with Crippen molar-refractivity contribution in [3.05, 3.63) is 41.7 Å². The molecule has 13 heteroatoms. The second-order valence-corrected chi connectivity index (χ2v) is 11.6. The number of halogens is 3. The molecule has 3 atom stereocenters. The van der Waals surface area contributed by atoms with Gasteiger partial charge in [0.15, 0.2) is 11.6 Å². The van der Waals surface area contributed by atoms with Gasteiger partial charge in [-0.25, -0.2) is 14.8 Å². The maximum atomic E-state index is 13.6. The number of nitrogens with one attached hydrogen (secondary N) is 2. The third-order valence-corrected chi connectivity index (χ3v) is 8.59. The van der Waals surface area contributed by atoms with Crippen LogP contribution in [0.2, 0.25) is 0 Å². The number of urea groups is 1. The summed E-state index contributed by atoms with van der Waals surface area (Å²) >= 11 is 0. The van der Waals surface area contributed by atoms with Crippen molar-refractivity contribution in [1.82, 2.24) is 15.3 Å². The van der Waals surface area contributed by atoms with Gasteiger partial charge in [-0.05, 0) is 68.9 Å². The fourth-order valence-electron chi connectivity index (χ4n) is 6.26. The smallest absolute Gasteiger partial charge is 0.366 e. The quantitative estimate of drug-likeness (QED) is 0.499. The summed E-state index contributed by atoms with van der Waals surface area (Å²) in [4.78, 5) is 38.4. The molecule has 226 valence electrons. The fraction of sp³-hybridized carbons (Fsp3) is 0.586. The summed E-state index contributed by atoms with van der Waals surface area (Å²) in [5.74, 6) is -0.762. The number of fused-ring (bicyclic) bond motifs is 4. The molecule has 1 spiro atoms. The molecule has 2 unspecified atom stereocenters. The lowest BCUT2D eigenvalue weighted by molar-refractivity contribution is -0.187. The van der Waals surface area contributed by atoms with Crippen LogP contribution in [-0.4, -0.2) is 71.8 Å². The number of nitrogens with zero attached hydrogens (tertiary/aromatic N) is 4. The number of hydrogen-bond donors (Lipinski definition) is 2. The summed E-state index contributed by atoms with van der Waals surface area (Å²) < 4.78 is 51.3. The molecule has 3 fully saturated rings. The lowest BCUT2D eigenvalue weighted by atomic mass is 9.94. The minimum Gasteiger partial charge on any atom is -0.366 e. The topological polar surface area (TPSA) is 109 Å². The number of carbonyl (C=O) groups is 2. The Morgan fingerprint density at radius 1 is 1.19 bits per heavy atom. The molecular weight excluding hydrogens is 553 g/mol. The zero-order chi connectivity index (χ0) is 29.5. The van der Waals surface area contributed by atoms with E-state index in [-0.39, 0.29) is 23.7 Å². The van der Waals surface area contributed by atoms with Gasteiger partial charge in [-0.3, -0.25) is 15.0 Å². The summed E-state index contributed by atoms with van der Waals surface area (Å²) in [6.45, 7) is 2.74. The van der Waals surface area contributed by atoms with E-state index in [1.54, 1.807) is 12.3 Å². The zero-order valence-electron chi connectivity index (χ0n) is 23.5. The van der Waals surface area contributed by atoms with Gasteiger partial charge in [0.1, 0.15) is 17.6 Å². The summed E-state index contributed by atoms with van der Waals surface area (Å²) in [5.41, 5.74) is 1.45. The van der Waals surface area contributed by atoms with Crippen molar-refractivity contribution in [3.8, 4) is 0 Å². The number of aromatic nitrogens is 2. The largest absolute Gasteiger partial charge is 0.408 e. The van der Waals surface area contributed by atoms with E-state index in [4.69, 9.17) is 9.47 Å². The molecule has 1 saturated carbocycles. The van der Waals surface area contributed by atoms with Crippen molar-refractivity contribution < 1.29 is 32.2 Å². The SMILES string of the molecule is CC(NC(=O)c1ccc2c(n1)N(C(=O)Nc1cc(CCC3COC4(CCCCC4)O3)ccn1)[C@H]1CCN2C1)C(F)(F)F. The highest BCUT2D eigenvalue weighted by Crippen LogP contribution is 2.40. The number of hydrogen-bond acceptors (Lipinski definition) is 7. The predicted octanol–water partition coefficient (Wildman–Crippen LogP) is 4.80. The Morgan fingerprint density at radius 2 is 2.00 bits per heavy atom. The molecule has 4 aliphatic rings. The number of pyridine rings is 2. The van der Waals surface area contributed by atoms with Crippen molar-refractivity contribution in [2.24, 2.45) is 0 Å². The van der Waals surface area contributed by atoms with E-state index in [0.717, 1.165) is 51.0 Å². The highest BCUT2D eigenvalue weighted by atomic mass is 19.4. The third kappa shape index (κ3) is 5.89. The van der Waals surface area contributed by atoms with Crippen LogP contribution in [0, 0.1) is 0 Å². The standard InChI is InChI=1S/C29H35F3N6O4/c1-18(29(30,31)32)34-26(39)22-7-8-23-25(35-22)38(20-10-14-37(23)16-20)27(40)36-24-15-19(9-13-33-24)5-6-21-17-41-28(42-21)11-3-2-4-12-28/h7-9,13,15,18,20-21H,2-6,10-12,14,16-17H2,1H3,(H,34,39)(H,33,36,40)/t18?,20-,21?/m0/s1. The van der Waals surface area contributed by atoms with Gasteiger partial charge < -0.3 is 19.7 Å². The van der Waals surface area contributed by atoms with Crippen molar-refractivity contribution in [2.75, 3.05) is 34.8 Å². The van der Waals surface area contributed by atoms with Crippen LogP contribution >= 0.6 is 0 Å². The van der Waals surface area contributed by atoms with Gasteiger partial charge in [-0.15, -0.1) is 0 Å². The van der Waals surface area contributed by atoms with Crippen molar-refractivity contribution in [2.45, 2.75) is 88.4 Å². The molecule has 2 saturated heterocycles. The Morgan fingerprint density at radius 3 is 2.79 bits per heavy atom. The lowest BCUT2D eigenvalue weighted by Gasteiger charge is -2.35. The van der Waals surface area contributed by atoms with Crippen molar-refractivity contribution in [1.29, 1.82) is 0 Å². The second kappa shape index (κ2) is 11.3. The van der Waals surface area contributed by atoms with Gasteiger partial charge in [0.05, 0.1) is 24.4 Å². The Bertz CT molecular complexity index is 1330. The summed E-state index contributed by atoms with van der Waals surface area (Å²) in [6, 6.07) is 4.03. The van der Waals surface area contributed by atoms with Gasteiger partial charge in [0.25, 0.3) is 5.91 Å². The minimum atomic E-state index is -4.59. The molecule has 2 aromatic heterocycles. The molecule has 5 heterocycles. The van der Waals surface area contributed by atoms with Gasteiger partial charge in [0.2, 0.25) is 0 Å². The summed E-state index contributed by atoms with van der Waals surface area (Å²) in [5, 5.41) is 4.80. The molecule has 3 aliphatic heterocycles. The van der Waals surface area contributed by atoms with Crippen LogP contribution in [0.4, 0.5) is 35.3 Å². The number of aryl methyl sites for hydroxylation is 1. The van der Waals surface area contributed by atoms with E-state index in [1.165, 1.54) is 17.4 Å². The fourth-order valence-corrected chi connectivity index (χ4v) is 6.26. The van der Waals surface area contributed by atoms with E-state index in [1.807, 2.05) is 17.4 Å². The van der Waals surface area contributed by atoms with Crippen LogP contribution in [0.5, 0.6) is 0 Å². The Balaban J connectivity index is 1.13. The molecule has 6 rings (SSSR count). The van der Waals surface area contributed by atoms with E-state index in [2.05, 4.69) is 20.2 Å². The third-order valence-electron chi connectivity index (χ3n) is 8.59. The summed E-state index contributed by atoms with van der Waals surface area (Å²) in [6.07, 6.45) is 4.66. The maximum absolute atomic E-state index is 13.6. The molecule has 0 radical (unpaired) electrons. The second-order valence-electron chi connectivity index (χ2n) is 11.6. The number of carbonyl (C=O) groups excluding carboxylic acids is 2. The monoisotopic (exact) mass is 588 g/mol. The molecule has 2 bridgehead atoms. The number of alkyl halides is 3. The number of amides is 3. The average Bonchev–Trinajstić information content (AvgIpc) is 3.56. The van der Waals surface area contributed by atoms with Crippen molar-refractivity contribution >= 4 is 29.3 Å². The highest BCUT2D eigenvalue weighted by Gasteiger charge is 2.43. The van der Waals surface area contributed by atoms with E-state index in [9.17, 15) is 22.8 Å². The Labute approximate surface area is 242 Å². The van der Waals surface area contributed by atoms with Crippen LogP contribution < -0.4 is 20.4 Å². The number of ether oxygens (including phenoxy) is 2. The van der Waals surface area contributed by atoms with Gasteiger partial charge in [0, 0.05) is 32.1 Å². The van der Waals surface area contributed by atoms with Gasteiger partial charge in [-0.2, -0.15) is 13.2 Å². The molecule has 3 amide bonds. The number of anilines is 3. The highest BCUT2D eigenvalue weighted by molar-refractivity contribution is 6.05. The molecule has 1 aliphatic carbocycles. The molecule has 42 heavy (non-hydrogen) atoms. The predicted molar refractivity (Wildman–Crippen MR) is 149 cm³/mol. The van der Waals surface area contributed by atoms with E-state index in [0.29, 0.717) is 37.6 Å². The Hall–Kier alpha value is -3.45. The zero-order valence-corrected chi connectivity index (χ0v) is 23.5. The first kappa shape index (κ1) is 28.7. The first-order chi connectivity index (χ1) is 20.1. The van der Waals surface area contributed by atoms with Crippen LogP contribution in [0.3, 0.4) is 0 Å². The van der Waals surface area contributed by atoms with Crippen LogP contribution in [0.1, 0.15) is 67.9 Å². The normalized spacial score (nSPS) is 23.5. The van der Waals surface area contributed by atoms with Crippen LogP contribution in [0.25, 0.3) is 0 Å².